The minimum Gasteiger partial charge on any atom is -0.299 e. The number of nitrogens with zero attached hydrogens (tertiary/aromatic N) is 1. The summed E-state index contributed by atoms with van der Waals surface area (Å²) in [5.74, 6) is 0.478. The maximum atomic E-state index is 13.4. The third-order valence-corrected chi connectivity index (χ3v) is 11.0. The van der Waals surface area contributed by atoms with Crippen LogP contribution in [0.3, 0.4) is 0 Å². The number of allylic oxidation sites excluding steroid dienone is 1. The van der Waals surface area contributed by atoms with E-state index in [1.54, 1.807) is 4.31 Å². The van der Waals surface area contributed by atoms with Crippen molar-refractivity contribution in [2.24, 2.45) is 16.7 Å². The van der Waals surface area contributed by atoms with Crippen LogP contribution in [0.1, 0.15) is 57.1 Å². The van der Waals surface area contributed by atoms with Crippen LogP contribution in [-0.4, -0.2) is 37.3 Å². The van der Waals surface area contributed by atoms with Gasteiger partial charge in [-0.3, -0.25) is 4.79 Å². The number of Topliss-reactive ketones (excluding diaryl/α,β-unsaturated/α-hetero) is 1. The van der Waals surface area contributed by atoms with Crippen molar-refractivity contribution in [1.82, 2.24) is 4.31 Å². The Balaban J connectivity index is 1.36. The first kappa shape index (κ1) is 19.8. The van der Waals surface area contributed by atoms with Gasteiger partial charge in [0.2, 0.25) is 10.0 Å². The Morgan fingerprint density at radius 1 is 1.17 bits per heavy atom. The number of rotatable bonds is 3. The molecule has 2 atom stereocenters. The summed E-state index contributed by atoms with van der Waals surface area (Å²) in [6.07, 6.45) is 8.10. The van der Waals surface area contributed by atoms with E-state index in [1.807, 2.05) is 18.2 Å². The lowest BCUT2D eigenvalue weighted by Gasteiger charge is -2.41. The predicted octanol–water partition coefficient (Wildman–Crippen LogP) is 4.43. The fourth-order valence-electron chi connectivity index (χ4n) is 6.55. The molecule has 0 radical (unpaired) electrons. The molecule has 0 N–H and O–H groups in total. The first-order chi connectivity index (χ1) is 13.6. The zero-order valence-corrected chi connectivity index (χ0v) is 18.7. The number of halogens is 1. The van der Waals surface area contributed by atoms with E-state index in [4.69, 9.17) is 11.6 Å². The fourth-order valence-corrected chi connectivity index (χ4v) is 8.95. The molecule has 1 aromatic rings. The highest BCUT2D eigenvalue weighted by Crippen LogP contribution is 2.64. The third kappa shape index (κ3) is 2.66. The van der Waals surface area contributed by atoms with Crippen molar-refractivity contribution in [3.8, 4) is 0 Å². The van der Waals surface area contributed by atoms with E-state index in [0.29, 0.717) is 25.4 Å². The molecule has 5 rings (SSSR count). The van der Waals surface area contributed by atoms with Gasteiger partial charge in [-0.05, 0) is 60.3 Å². The van der Waals surface area contributed by atoms with Gasteiger partial charge in [-0.15, -0.1) is 0 Å². The molecule has 4 nitrogen and oxygen atoms in total. The molecule has 1 unspecified atom stereocenters. The first-order valence-corrected chi connectivity index (χ1v) is 12.6. The highest BCUT2D eigenvalue weighted by Gasteiger charge is 2.65. The van der Waals surface area contributed by atoms with Crippen LogP contribution >= 0.6 is 11.6 Å². The highest BCUT2D eigenvalue weighted by molar-refractivity contribution is 7.89. The van der Waals surface area contributed by atoms with Crippen LogP contribution in [0.2, 0.25) is 5.02 Å². The fraction of sp³-hybridized carbons (Fsp3) is 0.609. The first-order valence-electron chi connectivity index (χ1n) is 10.6. The Morgan fingerprint density at radius 2 is 1.90 bits per heavy atom. The van der Waals surface area contributed by atoms with E-state index in [-0.39, 0.29) is 22.4 Å². The van der Waals surface area contributed by atoms with Gasteiger partial charge in [0.15, 0.2) is 0 Å². The van der Waals surface area contributed by atoms with Crippen molar-refractivity contribution in [2.45, 2.75) is 51.4 Å². The van der Waals surface area contributed by atoms with Crippen LogP contribution in [0.15, 0.2) is 24.3 Å². The summed E-state index contributed by atoms with van der Waals surface area (Å²) in [4.78, 5) is 12.8. The minimum absolute atomic E-state index is 0.0203. The molecule has 0 amide bonds. The summed E-state index contributed by atoms with van der Waals surface area (Å²) in [5.41, 5.74) is 1.36. The molecule has 1 aromatic carbocycles. The summed E-state index contributed by atoms with van der Waals surface area (Å²) < 4.78 is 28.4. The molecular weight excluding hydrogens is 406 g/mol. The van der Waals surface area contributed by atoms with Gasteiger partial charge in [-0.25, -0.2) is 12.7 Å². The summed E-state index contributed by atoms with van der Waals surface area (Å²) in [7, 11) is -3.48. The van der Waals surface area contributed by atoms with Gasteiger partial charge in [0.1, 0.15) is 5.78 Å². The standard InChI is InChI=1S/C23H28ClNO3S/c1-21(2)17-6-8-23(21,20(26)13-17)15-29(27,28)25-11-9-22(10-12-25)7-5-16-3-4-18(24)14-19(16)22/h3-5,7,14,17H,6,8-13,15H2,1-2H3/t17?,23-/m1/s1. The third-order valence-electron chi connectivity index (χ3n) is 8.71. The van der Waals surface area contributed by atoms with Crippen molar-refractivity contribution < 1.29 is 13.2 Å². The van der Waals surface area contributed by atoms with Gasteiger partial charge in [-0.1, -0.05) is 43.7 Å². The average Bonchev–Trinajstić information content (AvgIpc) is 3.18. The Morgan fingerprint density at radius 3 is 2.52 bits per heavy atom. The van der Waals surface area contributed by atoms with Crippen LogP contribution in [-0.2, 0) is 20.2 Å². The Bertz CT molecular complexity index is 1020. The molecule has 1 spiro atoms. The molecule has 1 saturated heterocycles. The van der Waals surface area contributed by atoms with E-state index in [9.17, 15) is 13.2 Å². The molecule has 2 saturated carbocycles. The van der Waals surface area contributed by atoms with Crippen LogP contribution in [0.4, 0.5) is 0 Å². The van der Waals surface area contributed by atoms with E-state index >= 15 is 0 Å². The van der Waals surface area contributed by atoms with Crippen LogP contribution in [0, 0.1) is 16.7 Å². The van der Waals surface area contributed by atoms with E-state index < -0.39 is 15.4 Å². The molecule has 1 aliphatic heterocycles. The molecule has 2 bridgehead atoms. The molecule has 4 aliphatic rings. The molecule has 156 valence electrons. The maximum Gasteiger partial charge on any atom is 0.215 e. The van der Waals surface area contributed by atoms with Crippen molar-refractivity contribution in [1.29, 1.82) is 0 Å². The Labute approximate surface area is 178 Å². The van der Waals surface area contributed by atoms with Crippen molar-refractivity contribution in [3.63, 3.8) is 0 Å². The van der Waals surface area contributed by atoms with Crippen LogP contribution < -0.4 is 0 Å². The van der Waals surface area contributed by atoms with Gasteiger partial charge in [0.25, 0.3) is 0 Å². The van der Waals surface area contributed by atoms with Gasteiger partial charge < -0.3 is 0 Å². The molecule has 3 fully saturated rings. The normalized spacial score (nSPS) is 32.2. The monoisotopic (exact) mass is 433 g/mol. The molecule has 1 heterocycles. The molecule has 0 aromatic heterocycles. The SMILES string of the molecule is CC1(C)C2CC[C@@]1(CS(=O)(=O)N1CCC3(C=Cc4ccc(Cl)cc43)CC1)C(=O)C2. The van der Waals surface area contributed by atoms with Gasteiger partial charge >= 0.3 is 0 Å². The Hall–Kier alpha value is -1.17. The lowest BCUT2D eigenvalue weighted by atomic mass is 9.70. The van der Waals surface area contributed by atoms with Gasteiger partial charge in [0, 0.05) is 35.4 Å². The van der Waals surface area contributed by atoms with Crippen LogP contribution in [0.5, 0.6) is 0 Å². The molecule has 29 heavy (non-hydrogen) atoms. The van der Waals surface area contributed by atoms with Gasteiger partial charge in [-0.2, -0.15) is 0 Å². The number of ketones is 1. The summed E-state index contributed by atoms with van der Waals surface area (Å²) in [5, 5.41) is 0.721. The minimum atomic E-state index is -3.48. The summed E-state index contributed by atoms with van der Waals surface area (Å²) in [6.45, 7) is 5.18. The zero-order valence-electron chi connectivity index (χ0n) is 17.1. The Kier molecular flexibility index (Phi) is 4.21. The van der Waals surface area contributed by atoms with Crippen molar-refractivity contribution in [3.05, 3.63) is 40.4 Å². The second-order valence-corrected chi connectivity index (χ2v) is 12.4. The summed E-state index contributed by atoms with van der Waals surface area (Å²) in [6, 6.07) is 5.96. The lowest BCUT2D eigenvalue weighted by molar-refractivity contribution is -0.128. The molecule has 3 aliphatic carbocycles. The maximum absolute atomic E-state index is 13.4. The number of hydrogen-bond acceptors (Lipinski definition) is 3. The number of sulfonamides is 1. The second-order valence-electron chi connectivity index (χ2n) is 10.0. The smallest absolute Gasteiger partial charge is 0.215 e. The lowest BCUT2D eigenvalue weighted by Crippen LogP contribution is -2.50. The van der Waals surface area contributed by atoms with E-state index in [2.05, 4.69) is 26.0 Å². The number of hydrogen-bond donors (Lipinski definition) is 0. The topological polar surface area (TPSA) is 54.5 Å². The van der Waals surface area contributed by atoms with Crippen LogP contribution in [0.25, 0.3) is 6.08 Å². The number of carbonyl (C=O) groups excluding carboxylic acids is 1. The second kappa shape index (κ2) is 6.18. The molecule has 6 heteroatoms. The predicted molar refractivity (Wildman–Crippen MR) is 115 cm³/mol. The number of carbonyl (C=O) groups is 1. The number of fused-ring (bicyclic) bond motifs is 4. The van der Waals surface area contributed by atoms with E-state index in [0.717, 1.165) is 30.7 Å². The quantitative estimate of drug-likeness (QED) is 0.708. The average molecular weight is 434 g/mol. The van der Waals surface area contributed by atoms with Crippen molar-refractivity contribution in [2.75, 3.05) is 18.8 Å². The number of benzene rings is 1. The van der Waals surface area contributed by atoms with E-state index in [1.165, 1.54) is 11.1 Å². The largest absolute Gasteiger partial charge is 0.299 e. The molecular formula is C23H28ClNO3S. The summed E-state index contributed by atoms with van der Waals surface area (Å²) >= 11 is 6.23. The van der Waals surface area contributed by atoms with Crippen molar-refractivity contribution >= 4 is 33.5 Å². The highest BCUT2D eigenvalue weighted by atomic mass is 35.5. The van der Waals surface area contributed by atoms with Gasteiger partial charge in [0.05, 0.1) is 5.75 Å². The number of piperidine rings is 1. The zero-order chi connectivity index (χ0) is 20.7.